The first-order valence-electron chi connectivity index (χ1n) is 5.52. The summed E-state index contributed by atoms with van der Waals surface area (Å²) in [5, 5.41) is 22.6. The minimum absolute atomic E-state index is 0.386. The number of pyridine rings is 1. The van der Waals surface area contributed by atoms with Gasteiger partial charge in [0.1, 0.15) is 5.82 Å². The fraction of sp³-hybridized carbons (Fsp3) is 0.231. The van der Waals surface area contributed by atoms with Crippen molar-refractivity contribution in [1.29, 1.82) is 5.26 Å². The van der Waals surface area contributed by atoms with Crippen LogP contribution in [0.4, 0.5) is 5.82 Å². The molecule has 1 heterocycles. The fourth-order valence-corrected chi connectivity index (χ4v) is 1.81. The molecule has 18 heavy (non-hydrogen) atoms. The number of anilines is 1. The molecule has 1 unspecified atom stereocenters. The van der Waals surface area contributed by atoms with Gasteiger partial charge in [-0.05, 0) is 31.2 Å². The Morgan fingerprint density at radius 2 is 2.28 bits per heavy atom. The molecule has 1 aromatic carbocycles. The van der Waals surface area contributed by atoms with Gasteiger partial charge < -0.3 is 10.4 Å². The molecule has 0 saturated heterocycles. The summed E-state index contributed by atoms with van der Waals surface area (Å²) in [7, 11) is 0. The van der Waals surface area contributed by atoms with Crippen molar-refractivity contribution in [3.8, 4) is 6.07 Å². The Balaban J connectivity index is 2.47. The Labute approximate surface area is 110 Å². The van der Waals surface area contributed by atoms with Crippen LogP contribution in [0, 0.1) is 11.3 Å². The second kappa shape index (κ2) is 5.21. The number of nitrogens with one attached hydrogen (secondary N) is 1. The van der Waals surface area contributed by atoms with Gasteiger partial charge in [0.15, 0.2) is 0 Å². The van der Waals surface area contributed by atoms with Crippen molar-refractivity contribution in [1.82, 2.24) is 4.98 Å². The third-order valence-electron chi connectivity index (χ3n) is 2.47. The van der Waals surface area contributed by atoms with Crippen LogP contribution in [0.15, 0.2) is 24.3 Å². The zero-order chi connectivity index (χ0) is 13.1. The number of benzene rings is 1. The first-order valence-corrected chi connectivity index (χ1v) is 5.90. The Morgan fingerprint density at radius 1 is 1.50 bits per heavy atom. The van der Waals surface area contributed by atoms with Crippen molar-refractivity contribution in [2.75, 3.05) is 11.9 Å². The molecule has 92 valence electrons. The average molecular weight is 262 g/mol. The van der Waals surface area contributed by atoms with Crippen LogP contribution in [0.2, 0.25) is 5.02 Å². The van der Waals surface area contributed by atoms with Gasteiger partial charge in [0.05, 0.1) is 23.3 Å². The number of aliphatic hydroxyl groups excluding tert-OH is 1. The van der Waals surface area contributed by atoms with Crippen LogP contribution in [0.25, 0.3) is 10.9 Å². The molecule has 1 aromatic heterocycles. The quantitative estimate of drug-likeness (QED) is 0.891. The number of fused-ring (bicyclic) bond motifs is 1. The van der Waals surface area contributed by atoms with Crippen LogP contribution in [0.1, 0.15) is 12.5 Å². The predicted octanol–water partition coefficient (Wildman–Crippen LogP) is 2.55. The van der Waals surface area contributed by atoms with Crippen molar-refractivity contribution < 1.29 is 5.11 Å². The zero-order valence-electron chi connectivity index (χ0n) is 9.81. The van der Waals surface area contributed by atoms with Crippen molar-refractivity contribution in [2.45, 2.75) is 13.0 Å². The first-order chi connectivity index (χ1) is 8.60. The standard InChI is InChI=1S/C13H12ClN3O/c1-8(18)7-16-13-4-9(6-15)11-5-10(14)2-3-12(11)17-13/h2-5,8,18H,7H2,1H3,(H,16,17). The van der Waals surface area contributed by atoms with Crippen LogP contribution in [0.3, 0.4) is 0 Å². The van der Waals surface area contributed by atoms with E-state index in [1.165, 1.54) is 0 Å². The lowest BCUT2D eigenvalue weighted by Crippen LogP contribution is -2.16. The number of nitriles is 1. The Bertz CT molecular complexity index is 619. The third kappa shape index (κ3) is 2.70. The van der Waals surface area contributed by atoms with Crippen LogP contribution >= 0.6 is 11.6 Å². The fourth-order valence-electron chi connectivity index (χ4n) is 1.63. The van der Waals surface area contributed by atoms with Gasteiger partial charge in [0, 0.05) is 17.0 Å². The van der Waals surface area contributed by atoms with Crippen molar-refractivity contribution in [2.24, 2.45) is 0 Å². The van der Waals surface area contributed by atoms with Crippen LogP contribution < -0.4 is 5.32 Å². The molecule has 0 bridgehead atoms. The van der Waals surface area contributed by atoms with Gasteiger partial charge in [0.2, 0.25) is 0 Å². The monoisotopic (exact) mass is 261 g/mol. The number of aliphatic hydroxyl groups is 1. The summed E-state index contributed by atoms with van der Waals surface area (Å²) in [4.78, 5) is 4.36. The molecule has 2 rings (SSSR count). The molecule has 2 N–H and O–H groups in total. The largest absolute Gasteiger partial charge is 0.392 e. The summed E-state index contributed by atoms with van der Waals surface area (Å²) in [5.41, 5.74) is 1.21. The predicted molar refractivity (Wildman–Crippen MR) is 71.6 cm³/mol. The summed E-state index contributed by atoms with van der Waals surface area (Å²) in [5.74, 6) is 0.572. The number of hydrogen-bond acceptors (Lipinski definition) is 4. The first kappa shape index (κ1) is 12.6. The SMILES string of the molecule is CC(O)CNc1cc(C#N)c2cc(Cl)ccc2n1. The third-order valence-corrected chi connectivity index (χ3v) is 2.70. The molecule has 0 aliphatic rings. The van der Waals surface area contributed by atoms with E-state index in [0.717, 1.165) is 5.39 Å². The number of nitrogens with zero attached hydrogens (tertiary/aromatic N) is 2. The lowest BCUT2D eigenvalue weighted by atomic mass is 10.1. The van der Waals surface area contributed by atoms with Crippen LogP contribution in [-0.4, -0.2) is 22.7 Å². The van der Waals surface area contributed by atoms with E-state index >= 15 is 0 Å². The summed E-state index contributed by atoms with van der Waals surface area (Å²) in [6.07, 6.45) is -0.474. The van der Waals surface area contributed by atoms with Gasteiger partial charge in [-0.15, -0.1) is 0 Å². The number of rotatable bonds is 3. The number of hydrogen-bond donors (Lipinski definition) is 2. The number of halogens is 1. The minimum Gasteiger partial charge on any atom is -0.392 e. The topological polar surface area (TPSA) is 68.9 Å². The summed E-state index contributed by atoms with van der Waals surface area (Å²) < 4.78 is 0. The lowest BCUT2D eigenvalue weighted by molar-refractivity contribution is 0.208. The zero-order valence-corrected chi connectivity index (χ0v) is 10.6. The minimum atomic E-state index is -0.474. The molecule has 4 nitrogen and oxygen atoms in total. The highest BCUT2D eigenvalue weighted by Gasteiger charge is 2.06. The van der Waals surface area contributed by atoms with E-state index in [4.69, 9.17) is 16.9 Å². The summed E-state index contributed by atoms with van der Waals surface area (Å²) >= 11 is 5.90. The van der Waals surface area contributed by atoms with Crippen molar-refractivity contribution >= 4 is 28.3 Å². The van der Waals surface area contributed by atoms with E-state index in [2.05, 4.69) is 16.4 Å². The molecule has 0 amide bonds. The summed E-state index contributed by atoms with van der Waals surface area (Å²) in [6, 6.07) is 9.00. The van der Waals surface area contributed by atoms with Gasteiger partial charge in [-0.2, -0.15) is 5.26 Å². The number of aromatic nitrogens is 1. The highest BCUT2D eigenvalue weighted by atomic mass is 35.5. The maximum atomic E-state index is 9.22. The normalized spacial score (nSPS) is 12.1. The Kier molecular flexibility index (Phi) is 3.66. The second-order valence-electron chi connectivity index (χ2n) is 4.06. The van der Waals surface area contributed by atoms with E-state index in [1.807, 2.05) is 0 Å². The Hall–Kier alpha value is -1.83. The van der Waals surface area contributed by atoms with E-state index in [0.29, 0.717) is 28.5 Å². The molecular weight excluding hydrogens is 250 g/mol. The highest BCUT2D eigenvalue weighted by molar-refractivity contribution is 6.31. The molecule has 0 aliphatic carbocycles. The smallest absolute Gasteiger partial charge is 0.128 e. The molecule has 2 aromatic rings. The molecule has 0 spiro atoms. The maximum Gasteiger partial charge on any atom is 0.128 e. The average Bonchev–Trinajstić information content (AvgIpc) is 2.35. The van der Waals surface area contributed by atoms with E-state index < -0.39 is 6.10 Å². The molecule has 0 radical (unpaired) electrons. The molecule has 0 saturated carbocycles. The molecule has 1 atom stereocenters. The maximum absolute atomic E-state index is 9.22. The molecule has 0 fully saturated rings. The summed E-state index contributed by atoms with van der Waals surface area (Å²) in [6.45, 7) is 2.07. The van der Waals surface area contributed by atoms with E-state index in [9.17, 15) is 5.11 Å². The van der Waals surface area contributed by atoms with Gasteiger partial charge in [0.25, 0.3) is 0 Å². The van der Waals surface area contributed by atoms with Crippen LogP contribution in [0.5, 0.6) is 0 Å². The molecule has 0 aliphatic heterocycles. The molecule has 5 heteroatoms. The van der Waals surface area contributed by atoms with Crippen molar-refractivity contribution in [3.63, 3.8) is 0 Å². The Morgan fingerprint density at radius 3 is 2.94 bits per heavy atom. The van der Waals surface area contributed by atoms with Crippen molar-refractivity contribution in [3.05, 3.63) is 34.9 Å². The highest BCUT2D eigenvalue weighted by Crippen LogP contribution is 2.23. The molecular formula is C13H12ClN3O. The van der Waals surface area contributed by atoms with Gasteiger partial charge >= 0.3 is 0 Å². The lowest BCUT2D eigenvalue weighted by Gasteiger charge is -2.09. The van der Waals surface area contributed by atoms with Crippen LogP contribution in [-0.2, 0) is 0 Å². The van der Waals surface area contributed by atoms with Gasteiger partial charge in [-0.3, -0.25) is 0 Å². The second-order valence-corrected chi connectivity index (χ2v) is 4.49. The van der Waals surface area contributed by atoms with Gasteiger partial charge in [-0.1, -0.05) is 11.6 Å². The van der Waals surface area contributed by atoms with E-state index in [-0.39, 0.29) is 0 Å². The van der Waals surface area contributed by atoms with E-state index in [1.54, 1.807) is 31.2 Å². The van der Waals surface area contributed by atoms with Gasteiger partial charge in [-0.25, -0.2) is 4.98 Å².